The van der Waals surface area contributed by atoms with Crippen LogP contribution in [-0.4, -0.2) is 12.5 Å². The highest BCUT2D eigenvalue weighted by molar-refractivity contribution is 6.31. The van der Waals surface area contributed by atoms with Gasteiger partial charge in [-0.1, -0.05) is 11.6 Å². The van der Waals surface area contributed by atoms with Crippen molar-refractivity contribution in [2.45, 2.75) is 0 Å². The van der Waals surface area contributed by atoms with Gasteiger partial charge in [0, 0.05) is 6.07 Å². The van der Waals surface area contributed by atoms with Crippen LogP contribution in [0.4, 0.5) is 15.8 Å². The number of amides is 1. The van der Waals surface area contributed by atoms with Gasteiger partial charge in [-0.2, -0.15) is 0 Å². The summed E-state index contributed by atoms with van der Waals surface area (Å²) in [6.45, 7) is -0.106. The molecule has 0 fully saturated rings. The quantitative estimate of drug-likeness (QED) is 0.660. The highest BCUT2D eigenvalue weighted by Crippen LogP contribution is 2.25. The molecule has 0 aliphatic carbocycles. The normalized spacial score (nSPS) is 9.86. The predicted octanol–water partition coefficient (Wildman–Crippen LogP) is 0.958. The van der Waals surface area contributed by atoms with Crippen LogP contribution in [0.25, 0.3) is 0 Å². The van der Waals surface area contributed by atoms with E-state index in [0.29, 0.717) is 5.69 Å². The molecule has 0 saturated carbocycles. The van der Waals surface area contributed by atoms with Crippen LogP contribution >= 0.6 is 11.6 Å². The number of carbonyl (C=O) groups excluding carboxylic acids is 1. The van der Waals surface area contributed by atoms with E-state index in [2.05, 4.69) is 5.32 Å². The van der Waals surface area contributed by atoms with Crippen molar-refractivity contribution in [3.63, 3.8) is 0 Å². The van der Waals surface area contributed by atoms with Crippen molar-refractivity contribution in [3.8, 4) is 0 Å². The lowest BCUT2D eigenvalue weighted by molar-refractivity contribution is -0.116. The highest BCUT2D eigenvalue weighted by atomic mass is 35.5. The van der Waals surface area contributed by atoms with Crippen LogP contribution in [-0.2, 0) is 4.79 Å². The largest absolute Gasteiger partial charge is 0.397 e. The second kappa shape index (κ2) is 4.15. The van der Waals surface area contributed by atoms with E-state index in [0.717, 1.165) is 6.07 Å². The summed E-state index contributed by atoms with van der Waals surface area (Å²) < 4.78 is 12.9. The lowest BCUT2D eigenvalue weighted by Crippen LogP contribution is -2.22. The number of nitrogens with two attached hydrogens (primary N) is 2. The molecule has 1 aromatic rings. The first-order chi connectivity index (χ1) is 6.50. The average Bonchev–Trinajstić information content (AvgIpc) is 2.09. The number of primary amides is 1. The maximum atomic E-state index is 12.9. The Hall–Kier alpha value is -1.49. The molecule has 0 heterocycles. The number of carbonyl (C=O) groups is 1. The molecule has 4 nitrogen and oxygen atoms in total. The lowest BCUT2D eigenvalue weighted by Gasteiger charge is -2.08. The Morgan fingerprint density at radius 1 is 1.57 bits per heavy atom. The van der Waals surface area contributed by atoms with E-state index in [1.54, 1.807) is 0 Å². The topological polar surface area (TPSA) is 81.1 Å². The Balaban J connectivity index is 2.87. The smallest absolute Gasteiger partial charge is 0.236 e. The summed E-state index contributed by atoms with van der Waals surface area (Å²) in [5.41, 5.74) is 11.0. The van der Waals surface area contributed by atoms with Gasteiger partial charge in [0.1, 0.15) is 5.82 Å². The van der Waals surface area contributed by atoms with Gasteiger partial charge in [-0.05, 0) is 6.07 Å². The number of nitrogens with one attached hydrogen (secondary N) is 1. The van der Waals surface area contributed by atoms with Gasteiger partial charge in [0.2, 0.25) is 5.91 Å². The van der Waals surface area contributed by atoms with Crippen molar-refractivity contribution < 1.29 is 9.18 Å². The Kier molecular flexibility index (Phi) is 3.14. The molecule has 0 unspecified atom stereocenters. The fourth-order valence-corrected chi connectivity index (χ4v) is 1.07. The third-order valence-electron chi connectivity index (χ3n) is 1.55. The van der Waals surface area contributed by atoms with E-state index in [9.17, 15) is 9.18 Å². The zero-order valence-corrected chi connectivity index (χ0v) is 7.94. The van der Waals surface area contributed by atoms with E-state index in [1.165, 1.54) is 6.07 Å². The van der Waals surface area contributed by atoms with Gasteiger partial charge in [0.15, 0.2) is 0 Å². The molecule has 0 radical (unpaired) electrons. The minimum Gasteiger partial charge on any atom is -0.397 e. The first kappa shape index (κ1) is 10.6. The molecule has 76 valence electrons. The van der Waals surface area contributed by atoms with Gasteiger partial charge in [-0.25, -0.2) is 4.39 Å². The fourth-order valence-electron chi connectivity index (χ4n) is 0.898. The van der Waals surface area contributed by atoms with Crippen molar-refractivity contribution in [2.75, 3.05) is 17.6 Å². The van der Waals surface area contributed by atoms with Crippen LogP contribution in [0.3, 0.4) is 0 Å². The predicted molar refractivity (Wildman–Crippen MR) is 53.5 cm³/mol. The van der Waals surface area contributed by atoms with Crippen molar-refractivity contribution in [1.82, 2.24) is 0 Å². The summed E-state index contributed by atoms with van der Waals surface area (Å²) >= 11 is 5.47. The van der Waals surface area contributed by atoms with Crippen LogP contribution in [0.15, 0.2) is 12.1 Å². The first-order valence-corrected chi connectivity index (χ1v) is 4.15. The Labute approximate surface area is 85.0 Å². The minimum atomic E-state index is -0.604. The molecule has 0 spiro atoms. The number of benzene rings is 1. The first-order valence-electron chi connectivity index (χ1n) is 3.77. The summed E-state index contributed by atoms with van der Waals surface area (Å²) in [6.07, 6.45) is 0. The molecule has 0 aliphatic rings. The van der Waals surface area contributed by atoms with E-state index in [-0.39, 0.29) is 17.3 Å². The number of halogens is 2. The van der Waals surface area contributed by atoms with Crippen LogP contribution in [0.1, 0.15) is 0 Å². The molecule has 1 amide bonds. The summed E-state index contributed by atoms with van der Waals surface area (Å²) in [7, 11) is 0. The van der Waals surface area contributed by atoms with Crippen LogP contribution in [0.2, 0.25) is 5.02 Å². The number of anilines is 2. The molecular weight excluding hydrogens is 209 g/mol. The van der Waals surface area contributed by atoms with Crippen LogP contribution in [0.5, 0.6) is 0 Å². The molecule has 0 aromatic heterocycles. The van der Waals surface area contributed by atoms with E-state index < -0.39 is 11.7 Å². The van der Waals surface area contributed by atoms with Gasteiger partial charge < -0.3 is 16.8 Å². The second-order valence-corrected chi connectivity index (χ2v) is 3.08. The zero-order chi connectivity index (χ0) is 10.7. The van der Waals surface area contributed by atoms with Crippen LogP contribution in [0, 0.1) is 5.82 Å². The molecule has 0 atom stereocenters. The SMILES string of the molecule is NC(=O)CNc1cc(F)c(Cl)cc1N. The molecule has 5 N–H and O–H groups in total. The van der Waals surface area contributed by atoms with Gasteiger partial charge in [0.05, 0.1) is 22.9 Å². The summed E-state index contributed by atoms with van der Waals surface area (Å²) in [5, 5.41) is 2.52. The van der Waals surface area contributed by atoms with Gasteiger partial charge >= 0.3 is 0 Å². The third-order valence-corrected chi connectivity index (χ3v) is 1.84. The third kappa shape index (κ3) is 2.50. The van der Waals surface area contributed by atoms with Crippen LogP contribution < -0.4 is 16.8 Å². The molecular formula is C8H9ClFN3O. The maximum Gasteiger partial charge on any atom is 0.236 e. The number of rotatable bonds is 3. The Morgan fingerprint density at radius 3 is 2.79 bits per heavy atom. The summed E-state index contributed by atoms with van der Waals surface area (Å²) in [6, 6.07) is 2.38. The molecule has 0 saturated heterocycles. The van der Waals surface area contributed by atoms with Crippen molar-refractivity contribution in [1.29, 1.82) is 0 Å². The van der Waals surface area contributed by atoms with Gasteiger partial charge in [-0.15, -0.1) is 0 Å². The van der Waals surface area contributed by atoms with Gasteiger partial charge in [-0.3, -0.25) is 4.79 Å². The molecule has 1 rings (SSSR count). The molecule has 0 bridgehead atoms. The van der Waals surface area contributed by atoms with Crippen molar-refractivity contribution >= 4 is 28.9 Å². The molecule has 0 aliphatic heterocycles. The lowest BCUT2D eigenvalue weighted by atomic mass is 10.2. The monoisotopic (exact) mass is 217 g/mol. The maximum absolute atomic E-state index is 12.9. The van der Waals surface area contributed by atoms with E-state index >= 15 is 0 Å². The Bertz CT molecular complexity index is 370. The minimum absolute atomic E-state index is 0.0628. The number of hydrogen-bond donors (Lipinski definition) is 3. The summed E-state index contributed by atoms with van der Waals surface area (Å²) in [5.74, 6) is -1.16. The molecule has 1 aromatic carbocycles. The average molecular weight is 218 g/mol. The van der Waals surface area contributed by atoms with Gasteiger partial charge in [0.25, 0.3) is 0 Å². The van der Waals surface area contributed by atoms with Crippen molar-refractivity contribution in [2.24, 2.45) is 5.73 Å². The summed E-state index contributed by atoms with van der Waals surface area (Å²) in [4.78, 5) is 10.4. The standard InChI is InChI=1S/C8H9ClFN3O/c9-4-1-6(11)7(2-5(4)10)13-3-8(12)14/h1-2,13H,3,11H2,(H2,12,14). The van der Waals surface area contributed by atoms with E-state index in [4.69, 9.17) is 23.1 Å². The second-order valence-electron chi connectivity index (χ2n) is 2.67. The zero-order valence-electron chi connectivity index (χ0n) is 7.18. The van der Waals surface area contributed by atoms with E-state index in [1.807, 2.05) is 0 Å². The molecule has 6 heteroatoms. The number of hydrogen-bond acceptors (Lipinski definition) is 3. The van der Waals surface area contributed by atoms with Crippen molar-refractivity contribution in [3.05, 3.63) is 23.0 Å². The Morgan fingerprint density at radius 2 is 2.21 bits per heavy atom. The fraction of sp³-hybridized carbons (Fsp3) is 0.125. The highest BCUT2D eigenvalue weighted by Gasteiger charge is 2.06. The molecule has 14 heavy (non-hydrogen) atoms. The number of nitrogen functional groups attached to an aromatic ring is 1.